The fourth-order valence-electron chi connectivity index (χ4n) is 2.49. The highest BCUT2D eigenvalue weighted by Gasteiger charge is 2.39. The van der Waals surface area contributed by atoms with Gasteiger partial charge in [0.05, 0.1) is 5.92 Å². The molecule has 0 heterocycles. The highest BCUT2D eigenvalue weighted by Crippen LogP contribution is 2.37. The van der Waals surface area contributed by atoms with Crippen molar-refractivity contribution in [2.24, 2.45) is 0 Å². The summed E-state index contributed by atoms with van der Waals surface area (Å²) >= 11 is 0. The normalized spacial score (nSPS) is 13.5. The maximum Gasteiger partial charge on any atom is 0.399 e. The molecule has 0 aliphatic rings. The first-order valence-corrected chi connectivity index (χ1v) is 7.37. The predicted molar refractivity (Wildman–Crippen MR) is 84.8 cm³/mol. The molecule has 0 bridgehead atoms. The molecule has 0 aromatic heterocycles. The van der Waals surface area contributed by atoms with E-state index in [-0.39, 0.29) is 16.7 Å². The van der Waals surface area contributed by atoms with Gasteiger partial charge in [-0.25, -0.2) is 8.78 Å². The van der Waals surface area contributed by atoms with Crippen molar-refractivity contribution in [1.82, 2.24) is 0 Å². The van der Waals surface area contributed by atoms with E-state index >= 15 is 0 Å². The monoisotopic (exact) mass is 340 g/mol. The molecule has 0 N–H and O–H groups in total. The van der Waals surface area contributed by atoms with Gasteiger partial charge in [0, 0.05) is 0 Å². The Morgan fingerprint density at radius 2 is 1.46 bits per heavy atom. The van der Waals surface area contributed by atoms with Crippen molar-refractivity contribution in [3.63, 3.8) is 0 Å². The van der Waals surface area contributed by atoms with Crippen LogP contribution in [0.3, 0.4) is 0 Å². The maximum atomic E-state index is 13.7. The Bertz CT molecular complexity index is 749. The number of alkyl halides is 3. The molecule has 2 aromatic carbocycles. The largest absolute Gasteiger partial charge is 0.399 e. The molecule has 1 atom stereocenters. The van der Waals surface area contributed by atoms with Crippen LogP contribution in [0.2, 0.25) is 0 Å². The second-order valence-corrected chi connectivity index (χ2v) is 5.86. The lowest BCUT2D eigenvalue weighted by Gasteiger charge is -2.19. The van der Waals surface area contributed by atoms with Crippen LogP contribution >= 0.6 is 0 Å². The fraction of sp³-hybridized carbons (Fsp3) is 0.263. The van der Waals surface area contributed by atoms with Crippen LogP contribution in [0.5, 0.6) is 0 Å². The van der Waals surface area contributed by atoms with E-state index in [4.69, 9.17) is 0 Å². The highest BCUT2D eigenvalue weighted by atomic mass is 19.4. The van der Waals surface area contributed by atoms with E-state index in [9.17, 15) is 22.0 Å². The standard InChI is InChI=1S/C19H17F5/c1-11-4-5-14(10-17(11)20)6-7-16(19(22,23)24)15-8-12(2)18(21)13(3)9-15/h4-10,16H,1-3H3/b7-6+. The molecule has 0 aliphatic carbocycles. The second-order valence-electron chi connectivity index (χ2n) is 5.86. The van der Waals surface area contributed by atoms with Crippen LogP contribution in [-0.4, -0.2) is 6.18 Å². The number of benzene rings is 2. The lowest BCUT2D eigenvalue weighted by Crippen LogP contribution is -2.19. The van der Waals surface area contributed by atoms with Gasteiger partial charge in [-0.05, 0) is 54.7 Å². The van der Waals surface area contributed by atoms with Crippen LogP contribution < -0.4 is 0 Å². The second kappa shape index (κ2) is 6.75. The molecule has 0 fully saturated rings. The average molecular weight is 340 g/mol. The average Bonchev–Trinajstić information content (AvgIpc) is 2.47. The van der Waals surface area contributed by atoms with Crippen molar-refractivity contribution in [3.05, 3.63) is 75.9 Å². The number of rotatable bonds is 3. The summed E-state index contributed by atoms with van der Waals surface area (Å²) in [6.07, 6.45) is -2.33. The van der Waals surface area contributed by atoms with Crippen LogP contribution in [0.1, 0.15) is 33.7 Å². The predicted octanol–water partition coefficient (Wildman–Crippen LogP) is 6.25. The summed E-state index contributed by atoms with van der Waals surface area (Å²) in [7, 11) is 0. The van der Waals surface area contributed by atoms with Gasteiger partial charge in [0.25, 0.3) is 0 Å². The van der Waals surface area contributed by atoms with Gasteiger partial charge in [-0.1, -0.05) is 36.4 Å². The van der Waals surface area contributed by atoms with Crippen LogP contribution in [0.4, 0.5) is 22.0 Å². The molecule has 2 rings (SSSR count). The zero-order valence-electron chi connectivity index (χ0n) is 13.5. The summed E-state index contributed by atoms with van der Waals surface area (Å²) in [5.41, 5.74) is 1.04. The minimum atomic E-state index is -4.53. The first-order chi connectivity index (χ1) is 11.1. The Morgan fingerprint density at radius 3 is 1.96 bits per heavy atom. The molecule has 0 aliphatic heterocycles. The first-order valence-electron chi connectivity index (χ1n) is 7.37. The fourth-order valence-corrected chi connectivity index (χ4v) is 2.49. The van der Waals surface area contributed by atoms with Crippen molar-refractivity contribution in [2.45, 2.75) is 32.9 Å². The van der Waals surface area contributed by atoms with E-state index in [0.717, 1.165) is 6.08 Å². The Kier molecular flexibility index (Phi) is 5.11. The Morgan fingerprint density at radius 1 is 0.875 bits per heavy atom. The van der Waals surface area contributed by atoms with E-state index in [0.29, 0.717) is 11.1 Å². The van der Waals surface area contributed by atoms with Crippen molar-refractivity contribution in [3.8, 4) is 0 Å². The number of allylic oxidation sites excluding steroid dienone is 1. The van der Waals surface area contributed by atoms with Crippen LogP contribution in [0.25, 0.3) is 6.08 Å². The third-order valence-corrected chi connectivity index (χ3v) is 3.85. The molecule has 5 heteroatoms. The van der Waals surface area contributed by atoms with Gasteiger partial charge in [-0.15, -0.1) is 0 Å². The van der Waals surface area contributed by atoms with Gasteiger partial charge in [-0.2, -0.15) is 13.2 Å². The summed E-state index contributed by atoms with van der Waals surface area (Å²) in [5, 5.41) is 0. The smallest absolute Gasteiger partial charge is 0.207 e. The Labute approximate surface area is 137 Å². The molecule has 1 unspecified atom stereocenters. The zero-order chi connectivity index (χ0) is 18.1. The minimum absolute atomic E-state index is 0.0391. The van der Waals surface area contributed by atoms with E-state index in [2.05, 4.69) is 0 Å². The van der Waals surface area contributed by atoms with Gasteiger partial charge >= 0.3 is 6.18 Å². The molecular weight excluding hydrogens is 323 g/mol. The lowest BCUT2D eigenvalue weighted by molar-refractivity contribution is -0.139. The summed E-state index contributed by atoms with van der Waals surface area (Å²) in [4.78, 5) is 0. The molecule has 0 amide bonds. The summed E-state index contributed by atoms with van der Waals surface area (Å²) in [6.45, 7) is 4.43. The van der Waals surface area contributed by atoms with E-state index in [1.807, 2.05) is 0 Å². The van der Waals surface area contributed by atoms with E-state index < -0.39 is 23.7 Å². The van der Waals surface area contributed by atoms with Gasteiger partial charge < -0.3 is 0 Å². The Hall–Kier alpha value is -2.17. The minimum Gasteiger partial charge on any atom is -0.207 e. The van der Waals surface area contributed by atoms with Gasteiger partial charge in [0.15, 0.2) is 0 Å². The molecule has 0 radical (unpaired) electrons. The van der Waals surface area contributed by atoms with E-state index in [1.165, 1.54) is 44.2 Å². The molecule has 0 spiro atoms. The van der Waals surface area contributed by atoms with Gasteiger partial charge in [-0.3, -0.25) is 0 Å². The van der Waals surface area contributed by atoms with Gasteiger partial charge in [0.2, 0.25) is 0 Å². The van der Waals surface area contributed by atoms with Crippen LogP contribution in [0.15, 0.2) is 36.4 Å². The first kappa shape index (κ1) is 18.2. The molecule has 0 saturated heterocycles. The molecule has 128 valence electrons. The highest BCUT2D eigenvalue weighted by molar-refractivity contribution is 5.52. The van der Waals surface area contributed by atoms with Crippen molar-refractivity contribution in [2.75, 3.05) is 0 Å². The summed E-state index contributed by atoms with van der Waals surface area (Å²) < 4.78 is 67.4. The Balaban J connectivity index is 2.43. The molecule has 0 nitrogen and oxygen atoms in total. The number of hydrogen-bond acceptors (Lipinski definition) is 0. The lowest BCUT2D eigenvalue weighted by atomic mass is 9.93. The third kappa shape index (κ3) is 4.02. The van der Waals surface area contributed by atoms with Crippen molar-refractivity contribution >= 4 is 6.08 Å². The SMILES string of the molecule is Cc1ccc(/C=C/C(c2cc(C)c(F)c(C)c2)C(F)(F)F)cc1F. The third-order valence-electron chi connectivity index (χ3n) is 3.85. The number of hydrogen-bond donors (Lipinski definition) is 0. The van der Waals surface area contributed by atoms with Crippen LogP contribution in [-0.2, 0) is 0 Å². The van der Waals surface area contributed by atoms with E-state index in [1.54, 1.807) is 13.0 Å². The molecule has 24 heavy (non-hydrogen) atoms. The summed E-state index contributed by atoms with van der Waals surface area (Å²) in [6, 6.07) is 6.62. The topological polar surface area (TPSA) is 0 Å². The van der Waals surface area contributed by atoms with Crippen molar-refractivity contribution in [1.29, 1.82) is 0 Å². The van der Waals surface area contributed by atoms with Crippen LogP contribution in [0, 0.1) is 32.4 Å². The quantitative estimate of drug-likeness (QED) is 0.579. The summed E-state index contributed by atoms with van der Waals surface area (Å²) in [5.74, 6) is -2.88. The van der Waals surface area contributed by atoms with Crippen molar-refractivity contribution < 1.29 is 22.0 Å². The zero-order valence-corrected chi connectivity index (χ0v) is 13.5. The maximum absolute atomic E-state index is 13.7. The molecule has 2 aromatic rings. The number of halogens is 5. The van der Waals surface area contributed by atoms with Gasteiger partial charge in [0.1, 0.15) is 11.6 Å². The molecular formula is C19H17F5. The molecule has 0 saturated carbocycles. The number of aryl methyl sites for hydroxylation is 3.